The Morgan fingerprint density at radius 1 is 0.889 bits per heavy atom. The van der Waals surface area contributed by atoms with Crippen molar-refractivity contribution in [3.05, 3.63) is 60.2 Å². The monoisotopic (exact) mass is 375 g/mol. The number of benzene rings is 2. The maximum absolute atomic E-state index is 10.1. The van der Waals surface area contributed by atoms with E-state index in [1.165, 1.54) is 0 Å². The molecule has 2 aromatic carbocycles. The largest absolute Gasteiger partial charge is 0.491 e. The van der Waals surface area contributed by atoms with Crippen LogP contribution in [0.25, 0.3) is 0 Å². The van der Waals surface area contributed by atoms with Crippen molar-refractivity contribution in [3.8, 4) is 11.5 Å². The number of aliphatic hydroxyl groups is 2. The Labute approximate surface area is 160 Å². The highest BCUT2D eigenvalue weighted by molar-refractivity contribution is 5.27. The van der Waals surface area contributed by atoms with Gasteiger partial charge in [-0.25, -0.2) is 0 Å². The predicted molar refractivity (Wildman–Crippen MR) is 104 cm³/mol. The summed E-state index contributed by atoms with van der Waals surface area (Å²) in [5.74, 6) is 1.54. The van der Waals surface area contributed by atoms with E-state index in [1.54, 1.807) is 0 Å². The van der Waals surface area contributed by atoms with Crippen molar-refractivity contribution < 1.29 is 24.4 Å². The standard InChI is InChI=1S/C21H29NO5/c1-22(16-19(24)17-27-20-5-3-2-4-6-20)15-18-7-9-21(10-8-18)26-14-13-25-12-11-23/h2-10,19,23-24H,11-17H2,1H3/t19-/m0/s1. The molecule has 2 N–H and O–H groups in total. The van der Waals surface area contributed by atoms with Gasteiger partial charge in [0, 0.05) is 13.1 Å². The minimum atomic E-state index is -0.559. The summed E-state index contributed by atoms with van der Waals surface area (Å²) in [6.45, 7) is 2.77. The molecule has 2 aromatic rings. The highest BCUT2D eigenvalue weighted by atomic mass is 16.5. The number of aliphatic hydroxyl groups excluding tert-OH is 2. The summed E-state index contributed by atoms with van der Waals surface area (Å²) in [7, 11) is 1.97. The molecule has 0 bridgehead atoms. The van der Waals surface area contributed by atoms with Gasteiger partial charge in [-0.3, -0.25) is 4.90 Å². The molecule has 0 aliphatic carbocycles. The fourth-order valence-electron chi connectivity index (χ4n) is 2.57. The average molecular weight is 375 g/mol. The second kappa shape index (κ2) is 12.3. The highest BCUT2D eigenvalue weighted by Gasteiger charge is 2.10. The van der Waals surface area contributed by atoms with Crippen LogP contribution in [0.3, 0.4) is 0 Å². The maximum atomic E-state index is 10.1. The van der Waals surface area contributed by atoms with E-state index in [4.69, 9.17) is 19.3 Å². The lowest BCUT2D eigenvalue weighted by Gasteiger charge is -2.21. The second-order valence-corrected chi connectivity index (χ2v) is 6.30. The first kappa shape index (κ1) is 21.2. The molecule has 0 aliphatic heterocycles. The molecule has 0 amide bonds. The summed E-state index contributed by atoms with van der Waals surface area (Å²) < 4.78 is 16.3. The van der Waals surface area contributed by atoms with E-state index < -0.39 is 6.10 Å². The van der Waals surface area contributed by atoms with Crippen molar-refractivity contribution in [2.45, 2.75) is 12.6 Å². The Morgan fingerprint density at radius 2 is 1.59 bits per heavy atom. The lowest BCUT2D eigenvalue weighted by Crippen LogP contribution is -2.32. The van der Waals surface area contributed by atoms with E-state index in [2.05, 4.69) is 4.90 Å². The third kappa shape index (κ3) is 8.88. The molecular weight excluding hydrogens is 346 g/mol. The molecular formula is C21H29NO5. The minimum absolute atomic E-state index is 0.0231. The quantitative estimate of drug-likeness (QED) is 0.522. The van der Waals surface area contributed by atoms with Crippen LogP contribution in [0.5, 0.6) is 11.5 Å². The number of rotatable bonds is 13. The number of likely N-dealkylation sites (N-methyl/N-ethyl adjacent to an activating group) is 1. The fraction of sp³-hybridized carbons (Fsp3) is 0.429. The Balaban J connectivity index is 1.66. The third-order valence-electron chi connectivity index (χ3n) is 3.82. The summed E-state index contributed by atoms with van der Waals surface area (Å²) in [6, 6.07) is 17.3. The zero-order chi connectivity index (χ0) is 19.3. The van der Waals surface area contributed by atoms with Crippen LogP contribution in [-0.4, -0.2) is 67.8 Å². The molecule has 0 heterocycles. The molecule has 0 spiro atoms. The van der Waals surface area contributed by atoms with Crippen LogP contribution in [0, 0.1) is 0 Å². The van der Waals surface area contributed by atoms with E-state index in [0.29, 0.717) is 26.4 Å². The van der Waals surface area contributed by atoms with Gasteiger partial charge in [-0.15, -0.1) is 0 Å². The van der Waals surface area contributed by atoms with E-state index >= 15 is 0 Å². The van der Waals surface area contributed by atoms with Crippen molar-refractivity contribution in [3.63, 3.8) is 0 Å². The van der Waals surface area contributed by atoms with Gasteiger partial charge in [-0.2, -0.15) is 0 Å². The smallest absolute Gasteiger partial charge is 0.119 e. The minimum Gasteiger partial charge on any atom is -0.491 e. The van der Waals surface area contributed by atoms with Gasteiger partial charge in [0.2, 0.25) is 0 Å². The summed E-state index contributed by atoms with van der Waals surface area (Å²) in [6.07, 6.45) is -0.559. The molecule has 6 nitrogen and oxygen atoms in total. The Kier molecular flexibility index (Phi) is 9.65. The lowest BCUT2D eigenvalue weighted by atomic mass is 10.2. The van der Waals surface area contributed by atoms with Gasteiger partial charge in [0.25, 0.3) is 0 Å². The van der Waals surface area contributed by atoms with E-state index in [0.717, 1.165) is 23.6 Å². The van der Waals surface area contributed by atoms with Crippen molar-refractivity contribution in [1.29, 1.82) is 0 Å². The van der Waals surface area contributed by atoms with Crippen molar-refractivity contribution in [2.24, 2.45) is 0 Å². The van der Waals surface area contributed by atoms with E-state index in [9.17, 15) is 5.11 Å². The molecule has 0 saturated carbocycles. The van der Waals surface area contributed by atoms with Crippen LogP contribution < -0.4 is 9.47 Å². The van der Waals surface area contributed by atoms with Gasteiger partial charge >= 0.3 is 0 Å². The zero-order valence-electron chi connectivity index (χ0n) is 15.8. The first-order chi connectivity index (χ1) is 13.2. The molecule has 0 aliphatic rings. The molecule has 0 aromatic heterocycles. The van der Waals surface area contributed by atoms with Crippen LogP contribution in [0.2, 0.25) is 0 Å². The number of nitrogens with zero attached hydrogens (tertiary/aromatic N) is 1. The van der Waals surface area contributed by atoms with Gasteiger partial charge in [0.05, 0.1) is 19.8 Å². The molecule has 2 rings (SSSR count). The molecule has 1 atom stereocenters. The summed E-state index contributed by atoms with van der Waals surface area (Å²) in [5.41, 5.74) is 1.14. The summed E-state index contributed by atoms with van der Waals surface area (Å²) in [4.78, 5) is 2.05. The third-order valence-corrected chi connectivity index (χ3v) is 3.82. The van der Waals surface area contributed by atoms with Gasteiger partial charge in [-0.05, 0) is 36.9 Å². The van der Waals surface area contributed by atoms with Gasteiger partial charge in [0.1, 0.15) is 30.8 Å². The Bertz CT molecular complexity index is 620. The predicted octanol–water partition coefficient (Wildman–Crippen LogP) is 1.95. The van der Waals surface area contributed by atoms with Crippen molar-refractivity contribution in [1.82, 2.24) is 4.90 Å². The topological polar surface area (TPSA) is 71.4 Å². The molecule has 0 radical (unpaired) electrons. The SMILES string of the molecule is CN(Cc1ccc(OCCOCCO)cc1)C[C@H](O)COc1ccccc1. The number of hydrogen-bond acceptors (Lipinski definition) is 6. The normalized spacial score (nSPS) is 12.1. The van der Waals surface area contributed by atoms with Gasteiger partial charge in [-0.1, -0.05) is 30.3 Å². The molecule has 27 heavy (non-hydrogen) atoms. The van der Waals surface area contributed by atoms with Crippen LogP contribution >= 0.6 is 0 Å². The fourth-order valence-corrected chi connectivity index (χ4v) is 2.57. The summed E-state index contributed by atoms with van der Waals surface area (Å²) >= 11 is 0. The molecule has 6 heteroatoms. The first-order valence-corrected chi connectivity index (χ1v) is 9.12. The van der Waals surface area contributed by atoms with Crippen LogP contribution in [0.15, 0.2) is 54.6 Å². The molecule has 0 fully saturated rings. The number of para-hydroxylation sites is 1. The van der Waals surface area contributed by atoms with E-state index in [1.807, 2.05) is 61.6 Å². The summed E-state index contributed by atoms with van der Waals surface area (Å²) in [5, 5.41) is 18.8. The molecule has 0 unspecified atom stereocenters. The molecule has 0 saturated heterocycles. The van der Waals surface area contributed by atoms with Crippen LogP contribution in [0.1, 0.15) is 5.56 Å². The lowest BCUT2D eigenvalue weighted by molar-refractivity contribution is 0.0704. The van der Waals surface area contributed by atoms with Crippen molar-refractivity contribution in [2.75, 3.05) is 46.6 Å². The second-order valence-electron chi connectivity index (χ2n) is 6.30. The van der Waals surface area contributed by atoms with Crippen LogP contribution in [0.4, 0.5) is 0 Å². The maximum Gasteiger partial charge on any atom is 0.119 e. The number of hydrogen-bond donors (Lipinski definition) is 2. The van der Waals surface area contributed by atoms with Crippen LogP contribution in [-0.2, 0) is 11.3 Å². The average Bonchev–Trinajstić information content (AvgIpc) is 2.68. The van der Waals surface area contributed by atoms with E-state index in [-0.39, 0.29) is 13.2 Å². The van der Waals surface area contributed by atoms with Gasteiger partial charge < -0.3 is 24.4 Å². The molecule has 148 valence electrons. The van der Waals surface area contributed by atoms with Crippen molar-refractivity contribution >= 4 is 0 Å². The number of ether oxygens (including phenoxy) is 3. The zero-order valence-corrected chi connectivity index (χ0v) is 15.8. The Morgan fingerprint density at radius 3 is 2.30 bits per heavy atom. The Hall–Kier alpha value is -2.12. The van der Waals surface area contributed by atoms with Gasteiger partial charge in [0.15, 0.2) is 0 Å². The highest BCUT2D eigenvalue weighted by Crippen LogP contribution is 2.14. The first-order valence-electron chi connectivity index (χ1n) is 9.12.